The van der Waals surface area contributed by atoms with E-state index in [0.717, 1.165) is 13.4 Å². The van der Waals surface area contributed by atoms with Crippen LogP contribution in [-0.2, 0) is 0 Å². The van der Waals surface area contributed by atoms with Gasteiger partial charge in [-0.15, -0.1) is 0 Å². The number of aryl methyl sites for hydroxylation is 2. The predicted octanol–water partition coefficient (Wildman–Crippen LogP) is 5.90. The highest BCUT2D eigenvalue weighted by atomic mass is 79.9. The van der Waals surface area contributed by atoms with Crippen LogP contribution in [0.15, 0.2) is 43.7 Å². The molecule has 0 aromatic heterocycles. The summed E-state index contributed by atoms with van der Waals surface area (Å²) in [6.07, 6.45) is 0. The van der Waals surface area contributed by atoms with Crippen molar-refractivity contribution >= 4 is 47.8 Å². The van der Waals surface area contributed by atoms with Gasteiger partial charge in [-0.1, -0.05) is 59.9 Å². The molecule has 0 radical (unpaired) electrons. The Balaban J connectivity index is 2.52. The lowest BCUT2D eigenvalue weighted by Crippen LogP contribution is -2.18. The minimum Gasteiger partial charge on any atom is -0.309 e. The summed E-state index contributed by atoms with van der Waals surface area (Å²) in [6.45, 7) is 4.21. The third-order valence-corrected chi connectivity index (χ3v) is 5.82. The SMILES string of the molecule is CNC(c1ccc(Br)c(C)c1)c1cc(Br)c(C)cc1Br. The summed E-state index contributed by atoms with van der Waals surface area (Å²) in [5.41, 5.74) is 4.95. The fourth-order valence-corrected chi connectivity index (χ4v) is 3.53. The van der Waals surface area contributed by atoms with E-state index in [-0.39, 0.29) is 6.04 Å². The van der Waals surface area contributed by atoms with Crippen molar-refractivity contribution < 1.29 is 0 Å². The second kappa shape index (κ2) is 6.73. The second-order valence-corrected chi connectivity index (χ2v) is 7.42. The molecular formula is C16H16Br3N. The van der Waals surface area contributed by atoms with Gasteiger partial charge in [-0.05, 0) is 61.3 Å². The molecule has 0 aliphatic rings. The minimum absolute atomic E-state index is 0.160. The number of hydrogen-bond acceptors (Lipinski definition) is 1. The molecule has 0 aliphatic heterocycles. The van der Waals surface area contributed by atoms with E-state index in [1.165, 1.54) is 22.3 Å². The van der Waals surface area contributed by atoms with E-state index in [0.29, 0.717) is 0 Å². The van der Waals surface area contributed by atoms with E-state index < -0.39 is 0 Å². The van der Waals surface area contributed by atoms with Gasteiger partial charge in [0.2, 0.25) is 0 Å². The van der Waals surface area contributed by atoms with E-state index >= 15 is 0 Å². The molecule has 0 bridgehead atoms. The van der Waals surface area contributed by atoms with E-state index in [9.17, 15) is 0 Å². The molecule has 1 N–H and O–H groups in total. The lowest BCUT2D eigenvalue weighted by atomic mass is 9.97. The third-order valence-electron chi connectivity index (χ3n) is 3.39. The first kappa shape index (κ1) is 16.2. The average Bonchev–Trinajstić information content (AvgIpc) is 2.40. The van der Waals surface area contributed by atoms with E-state index in [1.807, 2.05) is 7.05 Å². The predicted molar refractivity (Wildman–Crippen MR) is 96.4 cm³/mol. The van der Waals surface area contributed by atoms with Crippen molar-refractivity contribution in [2.24, 2.45) is 0 Å². The summed E-state index contributed by atoms with van der Waals surface area (Å²) in [7, 11) is 1.99. The first-order valence-corrected chi connectivity index (χ1v) is 8.70. The van der Waals surface area contributed by atoms with Crippen LogP contribution in [0.25, 0.3) is 0 Å². The molecule has 0 amide bonds. The maximum atomic E-state index is 3.68. The molecule has 106 valence electrons. The molecule has 1 nitrogen and oxygen atoms in total. The molecule has 2 aromatic rings. The monoisotopic (exact) mass is 459 g/mol. The van der Waals surface area contributed by atoms with E-state index in [4.69, 9.17) is 0 Å². The van der Waals surface area contributed by atoms with Gasteiger partial charge in [-0.25, -0.2) is 0 Å². The molecule has 1 unspecified atom stereocenters. The Kier molecular flexibility index (Phi) is 5.46. The molecule has 0 spiro atoms. The van der Waals surface area contributed by atoms with Crippen LogP contribution in [0.4, 0.5) is 0 Å². The number of nitrogens with one attached hydrogen (secondary N) is 1. The van der Waals surface area contributed by atoms with Gasteiger partial charge in [-0.2, -0.15) is 0 Å². The van der Waals surface area contributed by atoms with Crippen molar-refractivity contribution in [2.45, 2.75) is 19.9 Å². The molecule has 4 heteroatoms. The summed E-state index contributed by atoms with van der Waals surface area (Å²) < 4.78 is 3.39. The van der Waals surface area contributed by atoms with Gasteiger partial charge in [0.25, 0.3) is 0 Å². The van der Waals surface area contributed by atoms with E-state index in [1.54, 1.807) is 0 Å². The molecule has 0 aliphatic carbocycles. The van der Waals surface area contributed by atoms with Crippen LogP contribution in [0, 0.1) is 13.8 Å². The molecule has 0 fully saturated rings. The topological polar surface area (TPSA) is 12.0 Å². The lowest BCUT2D eigenvalue weighted by molar-refractivity contribution is 0.687. The number of rotatable bonds is 3. The summed E-state index contributed by atoms with van der Waals surface area (Å²) in [5, 5.41) is 3.40. The lowest BCUT2D eigenvalue weighted by Gasteiger charge is -2.20. The van der Waals surface area contributed by atoms with Crippen molar-refractivity contribution in [1.29, 1.82) is 0 Å². The Morgan fingerprint density at radius 2 is 1.50 bits per heavy atom. The van der Waals surface area contributed by atoms with Gasteiger partial charge < -0.3 is 5.32 Å². The second-order valence-electron chi connectivity index (χ2n) is 4.85. The van der Waals surface area contributed by atoms with Crippen molar-refractivity contribution in [3.8, 4) is 0 Å². The quantitative estimate of drug-likeness (QED) is 0.600. The van der Waals surface area contributed by atoms with Gasteiger partial charge in [0.05, 0.1) is 6.04 Å². The maximum Gasteiger partial charge on any atom is 0.0585 e. The summed E-state index contributed by atoms with van der Waals surface area (Å²) in [4.78, 5) is 0. The number of hydrogen-bond donors (Lipinski definition) is 1. The van der Waals surface area contributed by atoms with Crippen LogP contribution in [0.2, 0.25) is 0 Å². The third kappa shape index (κ3) is 3.35. The van der Waals surface area contributed by atoms with Crippen molar-refractivity contribution in [2.75, 3.05) is 7.05 Å². The smallest absolute Gasteiger partial charge is 0.0585 e. The fourth-order valence-electron chi connectivity index (χ4n) is 2.23. The normalized spacial score (nSPS) is 12.5. The van der Waals surface area contributed by atoms with Crippen molar-refractivity contribution in [3.63, 3.8) is 0 Å². The zero-order valence-electron chi connectivity index (χ0n) is 11.6. The van der Waals surface area contributed by atoms with Crippen LogP contribution < -0.4 is 5.32 Å². The fraction of sp³-hybridized carbons (Fsp3) is 0.250. The first-order valence-electron chi connectivity index (χ1n) is 6.33. The van der Waals surface area contributed by atoms with Crippen LogP contribution >= 0.6 is 47.8 Å². The summed E-state index contributed by atoms with van der Waals surface area (Å²) in [6, 6.07) is 11.0. The molecule has 0 heterocycles. The highest BCUT2D eigenvalue weighted by Crippen LogP contribution is 2.33. The standard InChI is InChI=1S/C16H16Br3N/c1-9-6-11(4-5-13(9)17)16(20-3)12-8-14(18)10(2)7-15(12)19/h4-8,16,20H,1-3H3. The van der Waals surface area contributed by atoms with Crippen molar-refractivity contribution in [1.82, 2.24) is 5.32 Å². The minimum atomic E-state index is 0.160. The Morgan fingerprint density at radius 1 is 0.850 bits per heavy atom. The molecule has 20 heavy (non-hydrogen) atoms. The zero-order valence-corrected chi connectivity index (χ0v) is 16.4. The van der Waals surface area contributed by atoms with Crippen LogP contribution in [0.3, 0.4) is 0 Å². The van der Waals surface area contributed by atoms with E-state index in [2.05, 4.69) is 97.3 Å². The van der Waals surface area contributed by atoms with Crippen molar-refractivity contribution in [3.05, 3.63) is 66.0 Å². The Bertz CT molecular complexity index is 638. The molecule has 2 rings (SSSR count). The van der Waals surface area contributed by atoms with Gasteiger partial charge in [-0.3, -0.25) is 0 Å². The zero-order chi connectivity index (χ0) is 14.9. The molecule has 0 saturated heterocycles. The van der Waals surface area contributed by atoms with Gasteiger partial charge in [0.1, 0.15) is 0 Å². The molecular weight excluding hydrogens is 446 g/mol. The highest BCUT2D eigenvalue weighted by Gasteiger charge is 2.17. The Labute approximate surface area is 145 Å². The first-order chi connectivity index (χ1) is 9.43. The largest absolute Gasteiger partial charge is 0.309 e. The number of benzene rings is 2. The van der Waals surface area contributed by atoms with Crippen LogP contribution in [0.1, 0.15) is 28.3 Å². The molecule has 0 saturated carbocycles. The number of halogens is 3. The highest BCUT2D eigenvalue weighted by molar-refractivity contribution is 9.11. The molecule has 2 aromatic carbocycles. The Morgan fingerprint density at radius 3 is 2.10 bits per heavy atom. The van der Waals surface area contributed by atoms with Gasteiger partial charge in [0, 0.05) is 13.4 Å². The van der Waals surface area contributed by atoms with Gasteiger partial charge in [0.15, 0.2) is 0 Å². The summed E-state index contributed by atoms with van der Waals surface area (Å²) in [5.74, 6) is 0. The van der Waals surface area contributed by atoms with Gasteiger partial charge >= 0.3 is 0 Å². The average molecular weight is 462 g/mol. The summed E-state index contributed by atoms with van der Waals surface area (Å²) >= 11 is 10.9. The maximum absolute atomic E-state index is 3.68. The molecule has 1 atom stereocenters. The van der Waals surface area contributed by atoms with Crippen LogP contribution in [0.5, 0.6) is 0 Å². The Hall–Kier alpha value is -0.160. The van der Waals surface area contributed by atoms with Crippen LogP contribution in [-0.4, -0.2) is 7.05 Å².